The third kappa shape index (κ3) is 4.36. The van der Waals surface area contributed by atoms with Gasteiger partial charge in [-0.1, -0.05) is 6.08 Å². The molecule has 0 saturated carbocycles. The second-order valence-corrected chi connectivity index (χ2v) is 7.73. The van der Waals surface area contributed by atoms with Crippen molar-refractivity contribution in [2.75, 3.05) is 6.61 Å². The van der Waals surface area contributed by atoms with E-state index >= 15 is 0 Å². The maximum absolute atomic E-state index is 13.4. The summed E-state index contributed by atoms with van der Waals surface area (Å²) >= 11 is 0. The van der Waals surface area contributed by atoms with Gasteiger partial charge in [-0.3, -0.25) is 18.5 Å². The van der Waals surface area contributed by atoms with Gasteiger partial charge in [-0.05, 0) is 55.2 Å². The number of nitrogens with zero attached hydrogens (tertiary/aromatic N) is 5. The van der Waals surface area contributed by atoms with Crippen molar-refractivity contribution in [3.05, 3.63) is 74.7 Å². The van der Waals surface area contributed by atoms with Crippen molar-refractivity contribution in [1.82, 2.24) is 18.7 Å². The number of aliphatic hydroxyl groups excluding tert-OH is 1. The van der Waals surface area contributed by atoms with Gasteiger partial charge in [0.25, 0.3) is 5.56 Å². The van der Waals surface area contributed by atoms with E-state index < -0.39 is 11.2 Å². The van der Waals surface area contributed by atoms with Crippen LogP contribution in [0.15, 0.2) is 57.9 Å². The fourth-order valence-corrected chi connectivity index (χ4v) is 3.74. The van der Waals surface area contributed by atoms with Crippen molar-refractivity contribution in [2.45, 2.75) is 25.9 Å². The maximum Gasteiger partial charge on any atom is 0.332 e. The van der Waals surface area contributed by atoms with Crippen LogP contribution < -0.4 is 16.0 Å². The van der Waals surface area contributed by atoms with Crippen LogP contribution in [0.3, 0.4) is 0 Å². The number of rotatable bonds is 7. The number of fused-ring (bicyclic) bond motifs is 1. The van der Waals surface area contributed by atoms with Gasteiger partial charge in [0.1, 0.15) is 11.6 Å². The van der Waals surface area contributed by atoms with Crippen LogP contribution in [0.25, 0.3) is 11.2 Å². The molecule has 0 saturated heterocycles. The molecule has 1 aliphatic carbocycles. The lowest BCUT2D eigenvalue weighted by atomic mass is 10.0. The SMILES string of the molecule is Cn1c(=O)n(CCCO)c(=O)c2c1nc(Oc1ccc(C#N)cc1)n2CC1C=CC(F)=CC1. The second-order valence-electron chi connectivity index (χ2n) is 7.73. The molecule has 2 aromatic heterocycles. The second kappa shape index (κ2) is 9.26. The Bertz CT molecular complexity index is 1410. The van der Waals surface area contributed by atoms with Gasteiger partial charge in [0, 0.05) is 26.7 Å². The molecule has 0 fully saturated rings. The number of hydrogen-bond acceptors (Lipinski definition) is 6. The highest BCUT2D eigenvalue weighted by Crippen LogP contribution is 2.27. The molecule has 1 N–H and O–H groups in total. The molecule has 9 nitrogen and oxygen atoms in total. The van der Waals surface area contributed by atoms with Crippen LogP contribution >= 0.6 is 0 Å². The summed E-state index contributed by atoms with van der Waals surface area (Å²) in [6.45, 7) is 0.173. The molecular formula is C23H22FN5O4. The molecule has 0 bridgehead atoms. The predicted molar refractivity (Wildman–Crippen MR) is 119 cm³/mol. The summed E-state index contributed by atoms with van der Waals surface area (Å²) in [7, 11) is 1.51. The van der Waals surface area contributed by atoms with Crippen LogP contribution in [0.5, 0.6) is 11.8 Å². The standard InChI is InChI=1S/C23H22FN5O4/c1-27-20-19(21(31)28(23(27)32)11-2-12-30)29(14-16-3-7-17(24)8-4-16)22(26-20)33-18-9-5-15(13-25)6-10-18/h3,5-10,16,30H,2,4,11-12,14H2,1H3. The number of aliphatic hydroxyl groups is 1. The van der Waals surface area contributed by atoms with E-state index in [-0.39, 0.29) is 55.0 Å². The lowest BCUT2D eigenvalue weighted by Crippen LogP contribution is -2.40. The maximum atomic E-state index is 13.4. The van der Waals surface area contributed by atoms with Crippen LogP contribution in [-0.2, 0) is 20.1 Å². The van der Waals surface area contributed by atoms with E-state index in [0.717, 1.165) is 4.57 Å². The number of halogens is 1. The number of allylic oxidation sites excluding steroid dienone is 4. The van der Waals surface area contributed by atoms with E-state index in [0.29, 0.717) is 17.7 Å². The van der Waals surface area contributed by atoms with Crippen LogP contribution in [0.2, 0.25) is 0 Å². The van der Waals surface area contributed by atoms with E-state index in [1.807, 2.05) is 6.07 Å². The van der Waals surface area contributed by atoms with E-state index in [1.165, 1.54) is 23.8 Å². The van der Waals surface area contributed by atoms with Crippen LogP contribution in [0, 0.1) is 17.2 Å². The highest BCUT2D eigenvalue weighted by molar-refractivity contribution is 5.72. The Kier molecular flexibility index (Phi) is 6.24. The monoisotopic (exact) mass is 451 g/mol. The smallest absolute Gasteiger partial charge is 0.332 e. The summed E-state index contributed by atoms with van der Waals surface area (Å²) in [4.78, 5) is 30.5. The predicted octanol–water partition coefficient (Wildman–Crippen LogP) is 2.37. The van der Waals surface area contributed by atoms with Gasteiger partial charge < -0.3 is 9.84 Å². The molecule has 2 heterocycles. The minimum Gasteiger partial charge on any atom is -0.425 e. The van der Waals surface area contributed by atoms with E-state index in [9.17, 15) is 14.0 Å². The molecule has 0 radical (unpaired) electrons. The molecule has 0 amide bonds. The molecule has 170 valence electrons. The summed E-state index contributed by atoms with van der Waals surface area (Å²) in [5, 5.41) is 18.2. The molecule has 1 aliphatic rings. The van der Waals surface area contributed by atoms with Gasteiger partial charge in [-0.2, -0.15) is 10.2 Å². The molecular weight excluding hydrogens is 429 g/mol. The quantitative estimate of drug-likeness (QED) is 0.590. The number of hydrogen-bond donors (Lipinski definition) is 1. The molecule has 1 atom stereocenters. The topological polar surface area (TPSA) is 115 Å². The minimum absolute atomic E-state index is 0.0617. The summed E-state index contributed by atoms with van der Waals surface area (Å²) < 4.78 is 23.3. The van der Waals surface area contributed by atoms with Crippen molar-refractivity contribution >= 4 is 11.2 Å². The first-order valence-corrected chi connectivity index (χ1v) is 10.5. The number of nitriles is 1. The third-order valence-electron chi connectivity index (χ3n) is 5.49. The zero-order valence-electron chi connectivity index (χ0n) is 17.9. The third-order valence-corrected chi connectivity index (χ3v) is 5.49. The normalized spacial score (nSPS) is 15.5. The Balaban J connectivity index is 1.86. The lowest BCUT2D eigenvalue weighted by Gasteiger charge is -2.17. The summed E-state index contributed by atoms with van der Waals surface area (Å²) in [5.41, 5.74) is -0.271. The average molecular weight is 451 g/mol. The van der Waals surface area contributed by atoms with Crippen LogP contribution in [0.4, 0.5) is 4.39 Å². The number of imidazole rings is 1. The Morgan fingerprint density at radius 1 is 1.27 bits per heavy atom. The van der Waals surface area contributed by atoms with Crippen LogP contribution in [-0.4, -0.2) is 30.4 Å². The van der Waals surface area contributed by atoms with Crippen molar-refractivity contribution in [1.29, 1.82) is 5.26 Å². The van der Waals surface area contributed by atoms with Gasteiger partial charge in [-0.25, -0.2) is 9.18 Å². The molecule has 1 aromatic carbocycles. The number of aryl methyl sites for hydroxylation is 1. The molecule has 3 aromatic rings. The fourth-order valence-electron chi connectivity index (χ4n) is 3.74. The largest absolute Gasteiger partial charge is 0.425 e. The molecule has 33 heavy (non-hydrogen) atoms. The first-order valence-electron chi connectivity index (χ1n) is 10.5. The number of aromatic nitrogens is 4. The van der Waals surface area contributed by atoms with E-state index in [4.69, 9.17) is 15.1 Å². The zero-order valence-corrected chi connectivity index (χ0v) is 17.9. The van der Waals surface area contributed by atoms with Crippen molar-refractivity contribution in [3.8, 4) is 17.8 Å². The van der Waals surface area contributed by atoms with Crippen molar-refractivity contribution in [3.63, 3.8) is 0 Å². The van der Waals surface area contributed by atoms with E-state index in [2.05, 4.69) is 4.98 Å². The summed E-state index contributed by atoms with van der Waals surface area (Å²) in [5.74, 6) is -0.0291. The van der Waals surface area contributed by atoms with Gasteiger partial charge in [0.2, 0.25) is 0 Å². The Morgan fingerprint density at radius 2 is 2.03 bits per heavy atom. The van der Waals surface area contributed by atoms with Gasteiger partial charge in [0.15, 0.2) is 11.2 Å². The average Bonchev–Trinajstić information content (AvgIpc) is 3.17. The number of ether oxygens (including phenoxy) is 1. The summed E-state index contributed by atoms with van der Waals surface area (Å²) in [6.07, 6.45) is 5.25. The molecule has 0 aliphatic heterocycles. The van der Waals surface area contributed by atoms with Crippen molar-refractivity contribution < 1.29 is 14.2 Å². The van der Waals surface area contributed by atoms with E-state index in [1.54, 1.807) is 34.9 Å². The Morgan fingerprint density at radius 3 is 2.67 bits per heavy atom. The zero-order chi connectivity index (χ0) is 23.5. The highest BCUT2D eigenvalue weighted by atomic mass is 19.1. The van der Waals surface area contributed by atoms with Crippen LogP contribution in [0.1, 0.15) is 18.4 Å². The minimum atomic E-state index is -0.543. The molecule has 0 spiro atoms. The molecule has 4 rings (SSSR count). The first-order chi connectivity index (χ1) is 15.9. The lowest BCUT2D eigenvalue weighted by molar-refractivity contribution is 0.277. The fraction of sp³-hybridized carbons (Fsp3) is 0.304. The highest BCUT2D eigenvalue weighted by Gasteiger charge is 2.23. The summed E-state index contributed by atoms with van der Waals surface area (Å²) in [6, 6.07) is 8.55. The first kappa shape index (κ1) is 22.2. The number of benzene rings is 1. The Hall–Kier alpha value is -3.97. The van der Waals surface area contributed by atoms with Crippen molar-refractivity contribution in [2.24, 2.45) is 13.0 Å². The van der Waals surface area contributed by atoms with Gasteiger partial charge >= 0.3 is 11.7 Å². The molecule has 10 heteroatoms. The van der Waals surface area contributed by atoms with Gasteiger partial charge in [-0.15, -0.1) is 0 Å². The van der Waals surface area contributed by atoms with Gasteiger partial charge in [0.05, 0.1) is 11.6 Å². The molecule has 1 unspecified atom stereocenters. The Labute approximate surface area is 187 Å².